The van der Waals surface area contributed by atoms with Crippen LogP contribution in [0.2, 0.25) is 0 Å². The number of hydrogen-bond donors (Lipinski definition) is 2. The predicted molar refractivity (Wildman–Crippen MR) is 60.6 cm³/mol. The van der Waals surface area contributed by atoms with Gasteiger partial charge in [0, 0.05) is 5.41 Å². The second-order valence-electron chi connectivity index (χ2n) is 6.09. The van der Waals surface area contributed by atoms with Crippen molar-refractivity contribution in [2.75, 3.05) is 0 Å². The monoisotopic (exact) mass is 212 g/mol. The highest BCUT2D eigenvalue weighted by molar-refractivity contribution is 5.10. The van der Waals surface area contributed by atoms with E-state index in [4.69, 9.17) is 0 Å². The molecule has 0 aromatic rings. The Morgan fingerprint density at radius 2 is 1.27 bits per heavy atom. The first-order chi connectivity index (χ1) is 6.91. The average Bonchev–Trinajstić information content (AvgIpc) is 2.15. The maximum atomic E-state index is 10.8. The van der Waals surface area contributed by atoms with E-state index in [1.807, 2.05) is 13.8 Å². The fourth-order valence-electron chi connectivity index (χ4n) is 4.06. The van der Waals surface area contributed by atoms with Crippen LogP contribution in [0, 0.1) is 5.41 Å². The second-order valence-corrected chi connectivity index (χ2v) is 6.09. The molecule has 2 fully saturated rings. The van der Waals surface area contributed by atoms with Crippen molar-refractivity contribution in [1.82, 2.24) is 0 Å². The van der Waals surface area contributed by atoms with Crippen LogP contribution in [0.4, 0.5) is 0 Å². The molecule has 0 aliphatic heterocycles. The summed E-state index contributed by atoms with van der Waals surface area (Å²) in [6.45, 7) is 3.77. The van der Waals surface area contributed by atoms with Crippen LogP contribution >= 0.6 is 0 Å². The lowest BCUT2D eigenvalue weighted by atomic mass is 9.50. The van der Waals surface area contributed by atoms with Crippen LogP contribution in [0.25, 0.3) is 0 Å². The molecule has 0 saturated heterocycles. The zero-order valence-corrected chi connectivity index (χ0v) is 10.1. The molecular weight excluding hydrogens is 188 g/mol. The molecule has 0 unspecified atom stereocenters. The quantitative estimate of drug-likeness (QED) is 0.701. The summed E-state index contributed by atoms with van der Waals surface area (Å²) in [6.07, 6.45) is 8.31. The van der Waals surface area contributed by atoms with Gasteiger partial charge in [0.15, 0.2) is 0 Å². The Labute approximate surface area is 92.7 Å². The van der Waals surface area contributed by atoms with E-state index in [-0.39, 0.29) is 5.41 Å². The third-order valence-electron chi connectivity index (χ3n) is 4.95. The predicted octanol–water partition coefficient (Wildman–Crippen LogP) is 2.62. The average molecular weight is 212 g/mol. The molecule has 88 valence electrons. The van der Waals surface area contributed by atoms with Gasteiger partial charge in [-0.05, 0) is 39.5 Å². The van der Waals surface area contributed by atoms with Gasteiger partial charge in [0.25, 0.3) is 0 Å². The summed E-state index contributed by atoms with van der Waals surface area (Å²) in [7, 11) is 0. The highest BCUT2D eigenvalue weighted by Gasteiger charge is 2.59. The summed E-state index contributed by atoms with van der Waals surface area (Å²) in [5, 5.41) is 21.3. The number of fused-ring (bicyclic) bond motifs is 1. The van der Waals surface area contributed by atoms with E-state index in [2.05, 4.69) is 0 Å². The number of hydrogen-bond acceptors (Lipinski definition) is 2. The molecule has 0 spiro atoms. The van der Waals surface area contributed by atoms with Crippen molar-refractivity contribution in [3.05, 3.63) is 0 Å². The second kappa shape index (κ2) is 3.46. The Morgan fingerprint density at radius 1 is 0.867 bits per heavy atom. The molecule has 2 rings (SSSR count). The molecular formula is C13H24O2. The summed E-state index contributed by atoms with van der Waals surface area (Å²) >= 11 is 0. The van der Waals surface area contributed by atoms with Gasteiger partial charge in [0.2, 0.25) is 0 Å². The minimum Gasteiger partial charge on any atom is -0.390 e. The van der Waals surface area contributed by atoms with Gasteiger partial charge < -0.3 is 10.2 Å². The molecule has 0 aromatic heterocycles. The molecule has 0 amide bonds. The van der Waals surface area contributed by atoms with E-state index < -0.39 is 11.2 Å². The summed E-state index contributed by atoms with van der Waals surface area (Å²) in [5.74, 6) is 0. The Hall–Kier alpha value is -0.0800. The van der Waals surface area contributed by atoms with Gasteiger partial charge in [-0.15, -0.1) is 0 Å². The molecule has 0 radical (unpaired) electrons. The molecule has 0 aromatic carbocycles. The van der Waals surface area contributed by atoms with Gasteiger partial charge in [-0.25, -0.2) is 0 Å². The minimum absolute atomic E-state index is 0.240. The molecule has 2 heteroatoms. The third kappa shape index (κ3) is 1.53. The first kappa shape index (κ1) is 11.4. The first-order valence-electron chi connectivity index (χ1n) is 6.36. The smallest absolute Gasteiger partial charge is 0.0731 e. The van der Waals surface area contributed by atoms with Gasteiger partial charge in [0.05, 0.1) is 11.2 Å². The molecule has 0 heterocycles. The molecule has 15 heavy (non-hydrogen) atoms. The van der Waals surface area contributed by atoms with Crippen molar-refractivity contribution in [1.29, 1.82) is 0 Å². The maximum Gasteiger partial charge on any atom is 0.0731 e. The zero-order chi connectivity index (χ0) is 11.2. The van der Waals surface area contributed by atoms with Crippen LogP contribution in [0.3, 0.4) is 0 Å². The van der Waals surface area contributed by atoms with E-state index in [1.165, 1.54) is 0 Å². The topological polar surface area (TPSA) is 40.5 Å². The van der Waals surface area contributed by atoms with Crippen LogP contribution in [0.1, 0.15) is 65.2 Å². The lowest BCUT2D eigenvalue weighted by Crippen LogP contribution is -2.62. The van der Waals surface area contributed by atoms with E-state index in [1.54, 1.807) is 0 Å². The summed E-state index contributed by atoms with van der Waals surface area (Å²) < 4.78 is 0. The summed E-state index contributed by atoms with van der Waals surface area (Å²) in [4.78, 5) is 0. The highest BCUT2D eigenvalue weighted by Crippen LogP contribution is 2.58. The maximum absolute atomic E-state index is 10.8. The highest BCUT2D eigenvalue weighted by atomic mass is 16.3. The lowest BCUT2D eigenvalue weighted by Gasteiger charge is -2.59. The molecule has 0 atom stereocenters. The Bertz CT molecular complexity index is 227. The van der Waals surface area contributed by atoms with Gasteiger partial charge in [-0.2, -0.15) is 0 Å². The van der Waals surface area contributed by atoms with Crippen molar-refractivity contribution in [3.8, 4) is 0 Å². The van der Waals surface area contributed by atoms with Crippen molar-refractivity contribution < 1.29 is 10.2 Å². The molecule has 2 N–H and O–H groups in total. The fourth-order valence-corrected chi connectivity index (χ4v) is 4.06. The van der Waals surface area contributed by atoms with Crippen LogP contribution in [-0.4, -0.2) is 21.4 Å². The summed E-state index contributed by atoms with van der Waals surface area (Å²) in [6, 6.07) is 0. The van der Waals surface area contributed by atoms with Crippen LogP contribution in [0.15, 0.2) is 0 Å². The van der Waals surface area contributed by atoms with Crippen molar-refractivity contribution in [3.63, 3.8) is 0 Å². The molecule has 2 saturated carbocycles. The number of rotatable bonds is 1. The van der Waals surface area contributed by atoms with Gasteiger partial charge >= 0.3 is 0 Å². The molecule has 2 aliphatic carbocycles. The number of aliphatic hydroxyl groups is 2. The SMILES string of the molecule is CC(C)(O)C12CCCCC1(O)CCCC2. The normalized spacial score (nSPS) is 42.4. The van der Waals surface area contributed by atoms with E-state index >= 15 is 0 Å². The van der Waals surface area contributed by atoms with Crippen molar-refractivity contribution >= 4 is 0 Å². The van der Waals surface area contributed by atoms with Gasteiger partial charge in [-0.1, -0.05) is 25.7 Å². The van der Waals surface area contributed by atoms with Gasteiger partial charge in [0.1, 0.15) is 0 Å². The molecule has 2 aliphatic rings. The first-order valence-corrected chi connectivity index (χ1v) is 6.36. The zero-order valence-electron chi connectivity index (χ0n) is 10.1. The molecule has 2 nitrogen and oxygen atoms in total. The van der Waals surface area contributed by atoms with E-state index in [9.17, 15) is 10.2 Å². The van der Waals surface area contributed by atoms with Crippen LogP contribution < -0.4 is 0 Å². The van der Waals surface area contributed by atoms with Crippen molar-refractivity contribution in [2.45, 2.75) is 76.4 Å². The third-order valence-corrected chi connectivity index (χ3v) is 4.95. The largest absolute Gasteiger partial charge is 0.390 e. The standard InChI is InChI=1S/C13H24O2/c1-11(2,14)12-7-3-5-9-13(12,15)10-6-4-8-12/h14-15H,3-10H2,1-2H3. The minimum atomic E-state index is -0.747. The lowest BCUT2D eigenvalue weighted by molar-refractivity contribution is -0.222. The summed E-state index contributed by atoms with van der Waals surface area (Å²) in [5.41, 5.74) is -1.58. The van der Waals surface area contributed by atoms with E-state index in [0.717, 1.165) is 51.4 Å². The van der Waals surface area contributed by atoms with Crippen LogP contribution in [0.5, 0.6) is 0 Å². The van der Waals surface area contributed by atoms with E-state index in [0.29, 0.717) is 0 Å². The fraction of sp³-hybridized carbons (Fsp3) is 1.00. The van der Waals surface area contributed by atoms with Gasteiger partial charge in [-0.3, -0.25) is 0 Å². The Balaban J connectivity index is 2.37. The van der Waals surface area contributed by atoms with Crippen LogP contribution in [-0.2, 0) is 0 Å². The van der Waals surface area contributed by atoms with Crippen molar-refractivity contribution in [2.24, 2.45) is 5.41 Å². The Morgan fingerprint density at radius 3 is 1.60 bits per heavy atom. The molecule has 0 bridgehead atoms. The Kier molecular flexibility index (Phi) is 2.63.